The Morgan fingerprint density at radius 3 is 1.08 bits per heavy atom. The van der Waals surface area contributed by atoms with Crippen LogP contribution in [0, 0.1) is 0 Å². The first-order valence-corrected chi connectivity index (χ1v) is 28.0. The van der Waals surface area contributed by atoms with Gasteiger partial charge in [-0.05, 0) is 96.3 Å². The average Bonchev–Trinajstić information content (AvgIpc) is 3.31. The molecule has 0 saturated heterocycles. The Labute approximate surface area is 408 Å². The minimum atomic E-state index is -0.791. The van der Waals surface area contributed by atoms with Crippen molar-refractivity contribution >= 4 is 17.9 Å². The van der Waals surface area contributed by atoms with Crippen molar-refractivity contribution < 1.29 is 28.6 Å². The van der Waals surface area contributed by atoms with Crippen molar-refractivity contribution in [2.24, 2.45) is 0 Å². The van der Waals surface area contributed by atoms with E-state index in [1.165, 1.54) is 128 Å². The van der Waals surface area contributed by atoms with Crippen LogP contribution in [0.5, 0.6) is 0 Å². The minimum absolute atomic E-state index is 0.0894. The van der Waals surface area contributed by atoms with Gasteiger partial charge in [0.05, 0.1) is 0 Å². The Morgan fingerprint density at radius 2 is 0.652 bits per heavy atom. The highest BCUT2D eigenvalue weighted by atomic mass is 16.6. The first-order valence-electron chi connectivity index (χ1n) is 28.0. The van der Waals surface area contributed by atoms with Crippen LogP contribution >= 0.6 is 0 Å². The molecule has 380 valence electrons. The quantitative estimate of drug-likeness (QED) is 0.0199. The van der Waals surface area contributed by atoms with Crippen molar-refractivity contribution in [2.45, 2.75) is 277 Å². The van der Waals surface area contributed by atoms with E-state index in [9.17, 15) is 14.4 Å². The minimum Gasteiger partial charge on any atom is -0.462 e. The lowest BCUT2D eigenvalue weighted by Gasteiger charge is -2.18. The number of carbonyl (C=O) groups excluding carboxylic acids is 3. The topological polar surface area (TPSA) is 78.9 Å². The van der Waals surface area contributed by atoms with E-state index >= 15 is 0 Å². The number of allylic oxidation sites excluding steroid dienone is 12. The van der Waals surface area contributed by atoms with Crippen LogP contribution in [0.15, 0.2) is 72.9 Å². The molecular formula is C60H104O6. The lowest BCUT2D eigenvalue weighted by atomic mass is 10.1. The first-order chi connectivity index (χ1) is 32.5. The number of esters is 3. The van der Waals surface area contributed by atoms with Gasteiger partial charge in [0, 0.05) is 19.3 Å². The van der Waals surface area contributed by atoms with Gasteiger partial charge in [-0.25, -0.2) is 0 Å². The zero-order chi connectivity index (χ0) is 47.9. The summed E-state index contributed by atoms with van der Waals surface area (Å²) in [5.74, 6) is -0.920. The zero-order valence-corrected chi connectivity index (χ0v) is 43.4. The summed E-state index contributed by atoms with van der Waals surface area (Å²) in [7, 11) is 0. The van der Waals surface area contributed by atoms with Gasteiger partial charge in [-0.3, -0.25) is 14.4 Å². The van der Waals surface area contributed by atoms with E-state index < -0.39 is 6.10 Å². The summed E-state index contributed by atoms with van der Waals surface area (Å²) in [6.07, 6.45) is 68.9. The van der Waals surface area contributed by atoms with Gasteiger partial charge in [-0.15, -0.1) is 0 Å². The number of hydrogen-bond donors (Lipinski definition) is 0. The largest absolute Gasteiger partial charge is 0.462 e. The van der Waals surface area contributed by atoms with Crippen LogP contribution in [0.3, 0.4) is 0 Å². The maximum Gasteiger partial charge on any atom is 0.306 e. The number of hydrogen-bond acceptors (Lipinski definition) is 6. The molecule has 0 aliphatic rings. The molecule has 6 nitrogen and oxygen atoms in total. The fourth-order valence-corrected chi connectivity index (χ4v) is 7.76. The van der Waals surface area contributed by atoms with Gasteiger partial charge in [0.1, 0.15) is 13.2 Å². The molecule has 0 heterocycles. The van der Waals surface area contributed by atoms with Gasteiger partial charge in [0.15, 0.2) is 6.10 Å². The summed E-state index contributed by atoms with van der Waals surface area (Å²) in [5.41, 5.74) is 0. The van der Waals surface area contributed by atoms with Crippen molar-refractivity contribution in [2.75, 3.05) is 13.2 Å². The Bertz CT molecular complexity index is 1240. The fraction of sp³-hybridized carbons (Fsp3) is 0.750. The molecule has 0 bridgehead atoms. The molecule has 0 aromatic carbocycles. The van der Waals surface area contributed by atoms with Crippen LogP contribution in [0.2, 0.25) is 0 Å². The van der Waals surface area contributed by atoms with Crippen molar-refractivity contribution in [1.82, 2.24) is 0 Å². The lowest BCUT2D eigenvalue weighted by molar-refractivity contribution is -0.167. The molecule has 0 aromatic rings. The molecular weight excluding hydrogens is 817 g/mol. The van der Waals surface area contributed by atoms with Crippen LogP contribution in [0.25, 0.3) is 0 Å². The third-order valence-corrected chi connectivity index (χ3v) is 12.0. The second-order valence-corrected chi connectivity index (χ2v) is 18.5. The van der Waals surface area contributed by atoms with Crippen LogP contribution < -0.4 is 0 Å². The van der Waals surface area contributed by atoms with Crippen LogP contribution in [0.4, 0.5) is 0 Å². The third kappa shape index (κ3) is 51.8. The zero-order valence-electron chi connectivity index (χ0n) is 43.4. The number of rotatable bonds is 50. The SMILES string of the molecule is CC/C=C/C=C/C=C/CCCCCCCC(=O)OCC(COC(=O)CCCCCCC/C=C/CCCCCCCCCCC)OC(=O)CCCCCCCCC/C=C/C/C=C/CCCCC. The summed E-state index contributed by atoms with van der Waals surface area (Å²) in [6, 6.07) is 0. The molecule has 1 unspecified atom stereocenters. The molecule has 0 radical (unpaired) electrons. The fourth-order valence-electron chi connectivity index (χ4n) is 7.76. The maximum atomic E-state index is 12.8. The summed E-state index contributed by atoms with van der Waals surface area (Å²) in [4.78, 5) is 38.1. The van der Waals surface area contributed by atoms with Crippen molar-refractivity contribution in [3.05, 3.63) is 72.9 Å². The Hall–Kier alpha value is -3.15. The number of unbranched alkanes of at least 4 members (excludes halogenated alkanes) is 29. The molecule has 0 N–H and O–H groups in total. The van der Waals surface area contributed by atoms with E-state index in [2.05, 4.69) is 93.7 Å². The predicted molar refractivity (Wildman–Crippen MR) is 284 cm³/mol. The monoisotopic (exact) mass is 921 g/mol. The summed E-state index contributed by atoms with van der Waals surface area (Å²) in [6.45, 7) is 6.47. The van der Waals surface area contributed by atoms with E-state index in [-0.39, 0.29) is 31.1 Å². The average molecular weight is 921 g/mol. The van der Waals surface area contributed by atoms with E-state index in [0.29, 0.717) is 19.3 Å². The van der Waals surface area contributed by atoms with Crippen molar-refractivity contribution in [3.8, 4) is 0 Å². The molecule has 0 aromatic heterocycles. The van der Waals surface area contributed by atoms with Crippen LogP contribution in [0.1, 0.15) is 271 Å². The van der Waals surface area contributed by atoms with Gasteiger partial charge < -0.3 is 14.2 Å². The van der Waals surface area contributed by atoms with E-state index in [1.54, 1.807) is 0 Å². The van der Waals surface area contributed by atoms with Gasteiger partial charge in [-0.2, -0.15) is 0 Å². The van der Waals surface area contributed by atoms with Crippen molar-refractivity contribution in [3.63, 3.8) is 0 Å². The predicted octanol–water partition coefficient (Wildman–Crippen LogP) is 18.6. The molecule has 0 fully saturated rings. The van der Waals surface area contributed by atoms with Gasteiger partial charge in [0.2, 0.25) is 0 Å². The molecule has 1 atom stereocenters. The molecule has 0 aliphatic carbocycles. The second-order valence-electron chi connectivity index (χ2n) is 18.5. The number of carbonyl (C=O) groups is 3. The molecule has 0 aliphatic heterocycles. The Balaban J connectivity index is 4.40. The lowest BCUT2D eigenvalue weighted by Crippen LogP contribution is -2.30. The molecule has 0 rings (SSSR count). The van der Waals surface area contributed by atoms with Gasteiger partial charge >= 0.3 is 17.9 Å². The maximum absolute atomic E-state index is 12.8. The first kappa shape index (κ1) is 62.8. The third-order valence-electron chi connectivity index (χ3n) is 12.0. The van der Waals surface area contributed by atoms with Crippen LogP contribution in [-0.2, 0) is 28.6 Å². The summed E-state index contributed by atoms with van der Waals surface area (Å²) >= 11 is 0. The number of ether oxygens (including phenoxy) is 3. The molecule has 6 heteroatoms. The smallest absolute Gasteiger partial charge is 0.306 e. The highest BCUT2D eigenvalue weighted by Crippen LogP contribution is 2.15. The van der Waals surface area contributed by atoms with E-state index in [0.717, 1.165) is 103 Å². The standard InChI is InChI=1S/C60H104O6/c1-4-7-10-13-16-19-22-25-27-29-31-32-35-38-41-44-47-50-53-59(62)65-56-57(55-64-58(61)52-49-46-43-40-37-34-24-21-18-15-12-9-6-3)66-60(63)54-51-48-45-42-39-36-33-30-28-26-23-20-17-14-11-8-5-2/h9,12,15,17-18,20-21,24,26,28,31-32,57H,4-8,10-11,13-14,16,19,22-23,25,27,29-30,33-56H2,1-3H3/b12-9+,18-15+,20-17+,24-21+,28-26+,32-31+. The molecule has 66 heavy (non-hydrogen) atoms. The summed E-state index contributed by atoms with van der Waals surface area (Å²) < 4.78 is 16.8. The van der Waals surface area contributed by atoms with Crippen LogP contribution in [-0.4, -0.2) is 37.2 Å². The highest BCUT2D eigenvalue weighted by Gasteiger charge is 2.19. The Morgan fingerprint density at radius 1 is 0.333 bits per heavy atom. The van der Waals surface area contributed by atoms with Crippen molar-refractivity contribution in [1.29, 1.82) is 0 Å². The normalized spacial score (nSPS) is 12.6. The van der Waals surface area contributed by atoms with E-state index in [4.69, 9.17) is 14.2 Å². The molecule has 0 saturated carbocycles. The highest BCUT2D eigenvalue weighted by molar-refractivity contribution is 5.71. The summed E-state index contributed by atoms with van der Waals surface area (Å²) in [5, 5.41) is 0. The second kappa shape index (κ2) is 54.5. The Kier molecular flexibility index (Phi) is 51.9. The molecule has 0 spiro atoms. The van der Waals surface area contributed by atoms with Gasteiger partial charge in [-0.1, -0.05) is 229 Å². The van der Waals surface area contributed by atoms with Gasteiger partial charge in [0.25, 0.3) is 0 Å². The van der Waals surface area contributed by atoms with E-state index in [1.807, 2.05) is 0 Å². The molecule has 0 amide bonds.